The maximum Gasteiger partial charge on any atom is 0.250 e. The minimum absolute atomic E-state index is 0.165. The van der Waals surface area contributed by atoms with Crippen LogP contribution in [0.2, 0.25) is 5.02 Å². The quantitative estimate of drug-likeness (QED) is 0.148. The zero-order chi connectivity index (χ0) is 25.0. The Labute approximate surface area is 215 Å². The molecule has 3 aromatic rings. The van der Waals surface area contributed by atoms with E-state index in [1.165, 1.54) is 17.4 Å². The molecule has 0 radical (unpaired) electrons. The van der Waals surface area contributed by atoms with Crippen LogP contribution in [0.25, 0.3) is 0 Å². The minimum Gasteiger partial charge on any atom is -0.378 e. The van der Waals surface area contributed by atoms with Crippen LogP contribution in [0.4, 0.5) is 11.4 Å². The summed E-state index contributed by atoms with van der Waals surface area (Å²) >= 11 is 7.24. The molecular formula is C25H30ClN7OS. The summed E-state index contributed by atoms with van der Waals surface area (Å²) in [5, 5.41) is 17.2. The van der Waals surface area contributed by atoms with Gasteiger partial charge in [-0.05, 0) is 55.8 Å². The molecule has 0 bridgehead atoms. The van der Waals surface area contributed by atoms with E-state index in [4.69, 9.17) is 11.6 Å². The van der Waals surface area contributed by atoms with E-state index < -0.39 is 0 Å². The highest BCUT2D eigenvalue weighted by atomic mass is 35.5. The summed E-state index contributed by atoms with van der Waals surface area (Å²) in [7, 11) is 0. The van der Waals surface area contributed by atoms with Crippen LogP contribution in [-0.4, -0.2) is 45.7 Å². The third kappa shape index (κ3) is 7.87. The van der Waals surface area contributed by atoms with Gasteiger partial charge in [0.15, 0.2) is 11.0 Å². The molecule has 0 aliphatic rings. The Hall–Kier alpha value is -3.30. The number of allylic oxidation sites excluding steroid dienone is 1. The topological polar surface area (TPSA) is 87.4 Å². The van der Waals surface area contributed by atoms with Crippen molar-refractivity contribution in [3.63, 3.8) is 0 Å². The number of hydrogen-bond donors (Lipinski definition) is 2. The monoisotopic (exact) mass is 511 g/mol. The molecule has 0 fully saturated rings. The number of carbonyl (C=O) groups excluding carboxylic acids is 1. The van der Waals surface area contributed by atoms with Gasteiger partial charge in [0, 0.05) is 36.0 Å². The van der Waals surface area contributed by atoms with Crippen LogP contribution in [-0.2, 0) is 17.9 Å². The molecule has 3 rings (SSSR count). The zero-order valence-electron chi connectivity index (χ0n) is 19.9. The standard InChI is InChI=1S/C25H30ClN7OS/c1-4-15-33-23(17-27-21-11-9-20(26)10-12-21)29-31-25(33)35-18-24(34)30-28-16-19-7-13-22(14-8-19)32(5-2)6-3/h4,7-14,16,27H,1,5-6,15,17-18H2,2-3H3,(H,30,34). The van der Waals surface area contributed by atoms with Crippen LogP contribution in [0, 0.1) is 0 Å². The number of nitrogens with one attached hydrogen (secondary N) is 2. The Kier molecular flexibility index (Phi) is 10.2. The number of halogens is 1. The van der Waals surface area contributed by atoms with E-state index in [9.17, 15) is 4.79 Å². The normalized spacial score (nSPS) is 10.9. The highest BCUT2D eigenvalue weighted by Gasteiger charge is 2.13. The Balaban J connectivity index is 1.51. The van der Waals surface area contributed by atoms with Crippen LogP contribution < -0.4 is 15.6 Å². The van der Waals surface area contributed by atoms with Crippen molar-refractivity contribution in [2.24, 2.45) is 5.10 Å². The van der Waals surface area contributed by atoms with Crippen molar-refractivity contribution in [2.75, 3.05) is 29.1 Å². The van der Waals surface area contributed by atoms with Crippen molar-refractivity contribution in [1.82, 2.24) is 20.2 Å². The molecular weight excluding hydrogens is 482 g/mol. The molecule has 0 saturated heterocycles. The number of hydrogen-bond acceptors (Lipinski definition) is 7. The predicted molar refractivity (Wildman–Crippen MR) is 145 cm³/mol. The molecule has 184 valence electrons. The third-order valence-electron chi connectivity index (χ3n) is 5.16. The third-order valence-corrected chi connectivity index (χ3v) is 6.38. The Morgan fingerprint density at radius 3 is 2.51 bits per heavy atom. The second-order valence-electron chi connectivity index (χ2n) is 7.50. The van der Waals surface area contributed by atoms with Gasteiger partial charge in [-0.2, -0.15) is 5.10 Å². The largest absolute Gasteiger partial charge is 0.378 e. The van der Waals surface area contributed by atoms with Crippen LogP contribution in [0.3, 0.4) is 0 Å². The van der Waals surface area contributed by atoms with Crippen LogP contribution >= 0.6 is 23.4 Å². The number of rotatable bonds is 13. The van der Waals surface area contributed by atoms with Crippen molar-refractivity contribution in [3.8, 4) is 0 Å². The summed E-state index contributed by atoms with van der Waals surface area (Å²) in [6.45, 7) is 11.0. The van der Waals surface area contributed by atoms with Gasteiger partial charge in [0.2, 0.25) is 0 Å². The molecule has 1 heterocycles. The predicted octanol–water partition coefficient (Wildman–Crippen LogP) is 4.82. The summed E-state index contributed by atoms with van der Waals surface area (Å²) in [6, 6.07) is 15.5. The van der Waals surface area contributed by atoms with Crippen molar-refractivity contribution in [3.05, 3.63) is 77.6 Å². The van der Waals surface area contributed by atoms with Crippen molar-refractivity contribution >= 4 is 46.9 Å². The summed E-state index contributed by atoms with van der Waals surface area (Å²) < 4.78 is 1.93. The molecule has 1 amide bonds. The average Bonchev–Trinajstić information content (AvgIpc) is 3.25. The second kappa shape index (κ2) is 13.6. The highest BCUT2D eigenvalue weighted by molar-refractivity contribution is 7.99. The number of thioether (sulfide) groups is 1. The molecule has 35 heavy (non-hydrogen) atoms. The van der Waals surface area contributed by atoms with Crippen LogP contribution in [0.5, 0.6) is 0 Å². The molecule has 1 aromatic heterocycles. The molecule has 0 unspecified atom stereocenters. The molecule has 2 N–H and O–H groups in total. The number of benzene rings is 2. The number of amides is 1. The summed E-state index contributed by atoms with van der Waals surface area (Å²) in [5.41, 5.74) is 5.58. The lowest BCUT2D eigenvalue weighted by Gasteiger charge is -2.20. The number of carbonyl (C=O) groups is 1. The Morgan fingerprint density at radius 1 is 1.14 bits per heavy atom. The van der Waals surface area contributed by atoms with Crippen LogP contribution in [0.1, 0.15) is 25.2 Å². The molecule has 10 heteroatoms. The van der Waals surface area contributed by atoms with E-state index in [2.05, 4.69) is 63.5 Å². The van der Waals surface area contributed by atoms with E-state index in [1.807, 2.05) is 41.0 Å². The van der Waals surface area contributed by atoms with E-state index in [-0.39, 0.29) is 11.7 Å². The van der Waals surface area contributed by atoms with E-state index in [1.54, 1.807) is 12.3 Å². The maximum absolute atomic E-state index is 12.3. The molecule has 0 aliphatic carbocycles. The van der Waals surface area contributed by atoms with E-state index in [0.717, 1.165) is 30.2 Å². The highest BCUT2D eigenvalue weighted by Crippen LogP contribution is 2.19. The van der Waals surface area contributed by atoms with Gasteiger partial charge in [-0.1, -0.05) is 41.6 Å². The molecule has 0 spiro atoms. The van der Waals surface area contributed by atoms with Crippen molar-refractivity contribution in [1.29, 1.82) is 0 Å². The first-order valence-electron chi connectivity index (χ1n) is 11.4. The van der Waals surface area contributed by atoms with Gasteiger partial charge < -0.3 is 14.8 Å². The van der Waals surface area contributed by atoms with E-state index >= 15 is 0 Å². The first-order chi connectivity index (χ1) is 17.0. The molecule has 0 atom stereocenters. The lowest BCUT2D eigenvalue weighted by Crippen LogP contribution is -2.21. The number of anilines is 2. The SMILES string of the molecule is C=CCn1c(CNc2ccc(Cl)cc2)nnc1SCC(=O)NN=Cc1ccc(N(CC)CC)cc1. The number of aromatic nitrogens is 3. The van der Waals surface area contributed by atoms with Gasteiger partial charge in [0.05, 0.1) is 18.5 Å². The fourth-order valence-corrected chi connectivity index (χ4v) is 4.20. The molecule has 0 saturated carbocycles. The fraction of sp³-hybridized carbons (Fsp3) is 0.280. The smallest absolute Gasteiger partial charge is 0.250 e. The molecule has 2 aromatic carbocycles. The lowest BCUT2D eigenvalue weighted by atomic mass is 10.2. The van der Waals surface area contributed by atoms with Gasteiger partial charge in [-0.25, -0.2) is 5.43 Å². The van der Waals surface area contributed by atoms with Gasteiger partial charge in [0.25, 0.3) is 5.91 Å². The molecule has 8 nitrogen and oxygen atoms in total. The van der Waals surface area contributed by atoms with Gasteiger partial charge in [-0.15, -0.1) is 16.8 Å². The molecule has 0 aliphatic heterocycles. The first kappa shape index (κ1) is 26.3. The van der Waals surface area contributed by atoms with Gasteiger partial charge >= 0.3 is 0 Å². The fourth-order valence-electron chi connectivity index (χ4n) is 3.32. The summed E-state index contributed by atoms with van der Waals surface area (Å²) in [4.78, 5) is 14.6. The van der Waals surface area contributed by atoms with Crippen LogP contribution in [0.15, 0.2) is 71.4 Å². The Morgan fingerprint density at radius 2 is 1.86 bits per heavy atom. The lowest BCUT2D eigenvalue weighted by molar-refractivity contribution is -0.118. The summed E-state index contributed by atoms with van der Waals surface area (Å²) in [5.74, 6) is 0.687. The number of hydrazone groups is 1. The zero-order valence-corrected chi connectivity index (χ0v) is 21.5. The minimum atomic E-state index is -0.222. The van der Waals surface area contributed by atoms with Gasteiger partial charge in [-0.3, -0.25) is 4.79 Å². The van der Waals surface area contributed by atoms with E-state index in [0.29, 0.717) is 23.3 Å². The summed E-state index contributed by atoms with van der Waals surface area (Å²) in [6.07, 6.45) is 3.41. The van der Waals surface area contributed by atoms with Crippen molar-refractivity contribution < 1.29 is 4.79 Å². The average molecular weight is 512 g/mol. The second-order valence-corrected chi connectivity index (χ2v) is 8.88. The first-order valence-corrected chi connectivity index (χ1v) is 12.7. The number of nitrogens with zero attached hydrogens (tertiary/aromatic N) is 5. The van der Waals surface area contributed by atoms with Gasteiger partial charge in [0.1, 0.15) is 0 Å². The maximum atomic E-state index is 12.3. The Bertz CT molecular complexity index is 1130. The van der Waals surface area contributed by atoms with Crippen molar-refractivity contribution in [2.45, 2.75) is 32.1 Å².